The molecule has 0 bridgehead atoms. The maximum absolute atomic E-state index is 11.6. The number of hydrogen-bond acceptors (Lipinski definition) is 1. The van der Waals surface area contributed by atoms with E-state index >= 15 is 0 Å². The van der Waals surface area contributed by atoms with Crippen molar-refractivity contribution in [1.82, 2.24) is 4.90 Å². The third kappa shape index (κ3) is 3.47. The monoisotopic (exact) mass is 268 g/mol. The van der Waals surface area contributed by atoms with Crippen LogP contribution in [0.5, 0.6) is 0 Å². The Kier molecular flexibility index (Phi) is 4.03. The average Bonchev–Trinajstić information content (AvgIpc) is 2.18. The molecule has 0 radical (unpaired) electrons. The number of aryl methyl sites for hydroxylation is 1. The Morgan fingerprint density at radius 1 is 1.47 bits per heavy atom. The van der Waals surface area contributed by atoms with Crippen LogP contribution >= 0.6 is 15.9 Å². The van der Waals surface area contributed by atoms with Crippen molar-refractivity contribution in [3.8, 4) is 0 Å². The van der Waals surface area contributed by atoms with E-state index in [4.69, 9.17) is 0 Å². The largest absolute Gasteiger partial charge is 0.369 e. The van der Waals surface area contributed by atoms with E-state index in [9.17, 15) is 4.79 Å². The Bertz CT molecular complexity index is 400. The smallest absolute Gasteiger partial charge is 0.278 e. The van der Waals surface area contributed by atoms with E-state index in [0.29, 0.717) is 5.56 Å². The zero-order valence-corrected chi connectivity index (χ0v) is 10.6. The molecule has 1 rings (SSSR count). The second kappa shape index (κ2) is 5.07. The molecule has 0 saturated heterocycles. The quantitative estimate of drug-likeness (QED) is 0.610. The molecule has 15 heavy (non-hydrogen) atoms. The van der Waals surface area contributed by atoms with Crippen LogP contribution in [0.3, 0.4) is 0 Å². The highest BCUT2D eigenvalue weighted by atomic mass is 79.9. The van der Waals surface area contributed by atoms with Crippen molar-refractivity contribution < 1.29 is 4.79 Å². The van der Waals surface area contributed by atoms with Gasteiger partial charge in [-0.25, -0.2) is 0 Å². The molecule has 0 saturated carbocycles. The van der Waals surface area contributed by atoms with Gasteiger partial charge in [0.05, 0.1) is 6.34 Å². The van der Waals surface area contributed by atoms with E-state index in [1.807, 2.05) is 33.2 Å². The van der Waals surface area contributed by atoms with Crippen molar-refractivity contribution in [2.45, 2.75) is 6.92 Å². The van der Waals surface area contributed by atoms with Gasteiger partial charge in [0.2, 0.25) is 0 Å². The lowest BCUT2D eigenvalue weighted by molar-refractivity contribution is 0.100. The normalized spacial score (nSPS) is 10.7. The van der Waals surface area contributed by atoms with Gasteiger partial charge in [0.25, 0.3) is 5.91 Å². The molecule has 0 spiro atoms. The van der Waals surface area contributed by atoms with Gasteiger partial charge < -0.3 is 4.90 Å². The second-order valence-electron chi connectivity index (χ2n) is 3.48. The number of carbonyl (C=O) groups is 1. The Morgan fingerprint density at radius 2 is 2.13 bits per heavy atom. The summed E-state index contributed by atoms with van der Waals surface area (Å²) in [6.45, 7) is 1.94. The zero-order valence-electron chi connectivity index (χ0n) is 8.99. The fourth-order valence-corrected chi connectivity index (χ4v) is 1.27. The molecule has 0 aliphatic heterocycles. The number of carbonyl (C=O) groups excluding carboxylic acids is 1. The van der Waals surface area contributed by atoms with E-state index < -0.39 is 0 Å². The molecule has 3 nitrogen and oxygen atoms in total. The first-order valence-electron chi connectivity index (χ1n) is 4.52. The molecular weight excluding hydrogens is 256 g/mol. The van der Waals surface area contributed by atoms with Crippen LogP contribution in [0, 0.1) is 6.92 Å². The molecule has 0 aliphatic rings. The summed E-state index contributed by atoms with van der Waals surface area (Å²) in [6, 6.07) is 5.43. The van der Waals surface area contributed by atoms with E-state index in [0.717, 1.165) is 10.0 Å². The molecule has 80 valence electrons. The number of hydrogen-bond donors (Lipinski definition) is 0. The minimum atomic E-state index is -0.223. The van der Waals surface area contributed by atoms with Crippen LogP contribution in [0.1, 0.15) is 15.9 Å². The molecule has 0 heterocycles. The van der Waals surface area contributed by atoms with Gasteiger partial charge in [-0.1, -0.05) is 15.9 Å². The fraction of sp³-hybridized carbons (Fsp3) is 0.273. The highest BCUT2D eigenvalue weighted by Crippen LogP contribution is 2.17. The summed E-state index contributed by atoms with van der Waals surface area (Å²) in [6.07, 6.45) is 1.50. The van der Waals surface area contributed by atoms with Crippen molar-refractivity contribution >= 4 is 28.2 Å². The van der Waals surface area contributed by atoms with E-state index in [2.05, 4.69) is 20.9 Å². The molecular formula is C11H13BrN2O. The predicted octanol–water partition coefficient (Wildman–Crippen LogP) is 2.49. The van der Waals surface area contributed by atoms with Crippen molar-refractivity contribution in [3.05, 3.63) is 33.8 Å². The number of rotatable bonds is 2. The van der Waals surface area contributed by atoms with E-state index in [-0.39, 0.29) is 5.91 Å². The lowest BCUT2D eigenvalue weighted by atomic mass is 10.1. The Hall–Kier alpha value is -1.16. The molecule has 0 aromatic heterocycles. The minimum absolute atomic E-state index is 0.223. The lowest BCUT2D eigenvalue weighted by Gasteiger charge is -2.03. The molecule has 0 aliphatic carbocycles. The van der Waals surface area contributed by atoms with Gasteiger partial charge in [0.15, 0.2) is 0 Å². The topological polar surface area (TPSA) is 32.7 Å². The number of nitrogens with zero attached hydrogens (tertiary/aromatic N) is 2. The van der Waals surface area contributed by atoms with E-state index in [1.54, 1.807) is 11.0 Å². The first kappa shape index (κ1) is 11.9. The number of aliphatic imine (C=N–C) groups is 1. The van der Waals surface area contributed by atoms with Crippen LogP contribution in [0.4, 0.5) is 0 Å². The Morgan fingerprint density at radius 3 is 2.67 bits per heavy atom. The molecule has 0 unspecified atom stereocenters. The zero-order chi connectivity index (χ0) is 11.4. The molecule has 1 amide bonds. The van der Waals surface area contributed by atoms with Gasteiger partial charge in [-0.15, -0.1) is 0 Å². The highest BCUT2D eigenvalue weighted by Gasteiger charge is 2.04. The molecule has 0 atom stereocenters. The number of halogens is 1. The second-order valence-corrected chi connectivity index (χ2v) is 4.33. The van der Waals surface area contributed by atoms with Crippen LogP contribution in [0.15, 0.2) is 27.7 Å². The summed E-state index contributed by atoms with van der Waals surface area (Å²) in [5.74, 6) is -0.223. The Balaban J connectivity index is 2.88. The standard InChI is InChI=1S/C11H13BrN2O/c1-8-6-9(4-5-10(8)12)11(15)13-7-14(2)3/h4-7H,1-3H3/b13-7-. The molecule has 1 aromatic carbocycles. The first-order valence-corrected chi connectivity index (χ1v) is 5.31. The molecule has 0 N–H and O–H groups in total. The SMILES string of the molecule is Cc1cc(C(=O)/N=C\N(C)C)ccc1Br. The van der Waals surface area contributed by atoms with Gasteiger partial charge in [0, 0.05) is 24.1 Å². The Labute approximate surface area is 97.9 Å². The van der Waals surface area contributed by atoms with Gasteiger partial charge in [0.1, 0.15) is 0 Å². The summed E-state index contributed by atoms with van der Waals surface area (Å²) in [4.78, 5) is 17.1. The third-order valence-electron chi connectivity index (χ3n) is 1.81. The lowest BCUT2D eigenvalue weighted by Crippen LogP contribution is -2.09. The predicted molar refractivity (Wildman–Crippen MR) is 65.4 cm³/mol. The van der Waals surface area contributed by atoms with Crippen molar-refractivity contribution in [3.63, 3.8) is 0 Å². The van der Waals surface area contributed by atoms with Gasteiger partial charge >= 0.3 is 0 Å². The maximum atomic E-state index is 11.6. The third-order valence-corrected chi connectivity index (χ3v) is 2.70. The van der Waals surface area contributed by atoms with Crippen LogP contribution in [0.25, 0.3) is 0 Å². The van der Waals surface area contributed by atoms with Gasteiger partial charge in [-0.2, -0.15) is 4.99 Å². The fourth-order valence-electron chi connectivity index (χ4n) is 1.02. The molecule has 4 heteroatoms. The number of benzene rings is 1. The molecule has 1 aromatic rings. The van der Waals surface area contributed by atoms with Crippen LogP contribution < -0.4 is 0 Å². The van der Waals surface area contributed by atoms with Crippen LogP contribution in [-0.4, -0.2) is 31.2 Å². The summed E-state index contributed by atoms with van der Waals surface area (Å²) < 4.78 is 0.996. The molecule has 0 fully saturated rings. The minimum Gasteiger partial charge on any atom is -0.369 e. The van der Waals surface area contributed by atoms with Crippen LogP contribution in [-0.2, 0) is 0 Å². The first-order chi connectivity index (χ1) is 7.00. The summed E-state index contributed by atoms with van der Waals surface area (Å²) in [5, 5.41) is 0. The number of amides is 1. The highest BCUT2D eigenvalue weighted by molar-refractivity contribution is 9.10. The average molecular weight is 269 g/mol. The summed E-state index contributed by atoms with van der Waals surface area (Å²) in [7, 11) is 3.65. The maximum Gasteiger partial charge on any atom is 0.278 e. The van der Waals surface area contributed by atoms with Crippen LogP contribution in [0.2, 0.25) is 0 Å². The van der Waals surface area contributed by atoms with Crippen molar-refractivity contribution in [2.24, 2.45) is 4.99 Å². The van der Waals surface area contributed by atoms with Crippen molar-refractivity contribution in [1.29, 1.82) is 0 Å². The van der Waals surface area contributed by atoms with Gasteiger partial charge in [-0.05, 0) is 30.7 Å². The van der Waals surface area contributed by atoms with Crippen molar-refractivity contribution in [2.75, 3.05) is 14.1 Å². The summed E-state index contributed by atoms with van der Waals surface area (Å²) >= 11 is 3.38. The van der Waals surface area contributed by atoms with E-state index in [1.165, 1.54) is 6.34 Å². The summed E-state index contributed by atoms with van der Waals surface area (Å²) in [5.41, 5.74) is 1.63. The van der Waals surface area contributed by atoms with Gasteiger partial charge in [-0.3, -0.25) is 4.79 Å².